The molecule has 0 aromatic heterocycles. The van der Waals surface area contributed by atoms with Crippen molar-refractivity contribution in [2.75, 3.05) is 33.2 Å². The summed E-state index contributed by atoms with van der Waals surface area (Å²) >= 11 is 0. The molecule has 1 aromatic carbocycles. The summed E-state index contributed by atoms with van der Waals surface area (Å²) in [4.78, 5) is 14.6. The summed E-state index contributed by atoms with van der Waals surface area (Å²) in [7, 11) is -1.28. The first kappa shape index (κ1) is 20.3. The van der Waals surface area contributed by atoms with Crippen LogP contribution in [0.2, 0.25) is 0 Å². The van der Waals surface area contributed by atoms with E-state index in [1.54, 1.807) is 16.4 Å². The number of piperidine rings is 1. The van der Waals surface area contributed by atoms with Gasteiger partial charge in [-0.2, -0.15) is 4.31 Å². The molecular formula is C20H31N3O3S. The summed E-state index contributed by atoms with van der Waals surface area (Å²) in [6, 6.07) is 7.70. The Morgan fingerprint density at radius 2 is 1.81 bits per heavy atom. The highest BCUT2D eigenvalue weighted by atomic mass is 32.2. The third kappa shape index (κ3) is 5.77. The molecule has 1 N–H and O–H groups in total. The van der Waals surface area contributed by atoms with E-state index in [1.807, 2.05) is 12.1 Å². The molecule has 1 aromatic rings. The van der Waals surface area contributed by atoms with Gasteiger partial charge in [0.2, 0.25) is 15.9 Å². The van der Waals surface area contributed by atoms with Crippen molar-refractivity contribution in [3.8, 4) is 0 Å². The minimum absolute atomic E-state index is 0.0456. The second kappa shape index (κ2) is 9.17. The van der Waals surface area contributed by atoms with Crippen LogP contribution in [0.15, 0.2) is 29.2 Å². The van der Waals surface area contributed by atoms with Crippen molar-refractivity contribution in [3.05, 3.63) is 29.8 Å². The van der Waals surface area contributed by atoms with E-state index in [-0.39, 0.29) is 5.91 Å². The maximum Gasteiger partial charge on any atom is 0.243 e. The Bertz CT molecular complexity index is 723. The number of likely N-dealkylation sites (N-methyl/N-ethyl adjacent to an activating group) is 1. The smallest absolute Gasteiger partial charge is 0.243 e. The highest BCUT2D eigenvalue weighted by Crippen LogP contribution is 2.24. The Morgan fingerprint density at radius 1 is 1.15 bits per heavy atom. The van der Waals surface area contributed by atoms with Crippen LogP contribution in [0.1, 0.15) is 44.1 Å². The summed E-state index contributed by atoms with van der Waals surface area (Å²) < 4.78 is 26.9. The molecule has 1 aliphatic heterocycles. The maximum atomic E-state index is 12.6. The van der Waals surface area contributed by atoms with Gasteiger partial charge in [0.15, 0.2) is 0 Å². The Kier molecular flexibility index (Phi) is 6.89. The van der Waals surface area contributed by atoms with Crippen molar-refractivity contribution in [2.24, 2.45) is 0 Å². The zero-order valence-electron chi connectivity index (χ0n) is 16.2. The molecule has 0 spiro atoms. The molecule has 1 saturated carbocycles. The number of carbonyl (C=O) groups excluding carboxylic acids is 1. The second-order valence-electron chi connectivity index (χ2n) is 7.67. The average Bonchev–Trinajstić information content (AvgIpc) is 3.53. The summed E-state index contributed by atoms with van der Waals surface area (Å²) in [5.74, 6) is 0.0456. The van der Waals surface area contributed by atoms with Gasteiger partial charge in [-0.15, -0.1) is 0 Å². The molecule has 2 fully saturated rings. The topological polar surface area (TPSA) is 69.7 Å². The Hall–Kier alpha value is -1.44. The van der Waals surface area contributed by atoms with Crippen LogP contribution in [0.25, 0.3) is 0 Å². The largest absolute Gasteiger partial charge is 0.355 e. The van der Waals surface area contributed by atoms with Gasteiger partial charge in [-0.1, -0.05) is 18.6 Å². The number of nitrogens with one attached hydrogen (secondary N) is 1. The van der Waals surface area contributed by atoms with Crippen LogP contribution in [0.4, 0.5) is 0 Å². The van der Waals surface area contributed by atoms with Crippen LogP contribution in [0, 0.1) is 0 Å². The quantitative estimate of drug-likeness (QED) is 0.697. The van der Waals surface area contributed by atoms with Crippen molar-refractivity contribution in [2.45, 2.75) is 55.9 Å². The Balaban J connectivity index is 1.43. The lowest BCUT2D eigenvalue weighted by Gasteiger charge is -2.25. The van der Waals surface area contributed by atoms with Gasteiger partial charge in [0, 0.05) is 38.6 Å². The number of hydrogen-bond acceptors (Lipinski definition) is 4. The number of nitrogens with zero attached hydrogens (tertiary/aromatic N) is 2. The van der Waals surface area contributed by atoms with Crippen LogP contribution in [0.3, 0.4) is 0 Å². The van der Waals surface area contributed by atoms with Crippen molar-refractivity contribution in [1.29, 1.82) is 0 Å². The molecule has 2 aliphatic rings. The molecule has 1 saturated heterocycles. The minimum Gasteiger partial charge on any atom is -0.355 e. The fourth-order valence-corrected chi connectivity index (χ4v) is 5.02. The normalized spacial score (nSPS) is 18.6. The molecule has 27 heavy (non-hydrogen) atoms. The molecular weight excluding hydrogens is 362 g/mol. The van der Waals surface area contributed by atoms with Crippen molar-refractivity contribution in [3.63, 3.8) is 0 Å². The van der Waals surface area contributed by atoms with Crippen LogP contribution in [-0.4, -0.2) is 62.8 Å². The van der Waals surface area contributed by atoms with Crippen LogP contribution in [0.5, 0.6) is 0 Å². The molecule has 150 valence electrons. The molecule has 0 bridgehead atoms. The van der Waals surface area contributed by atoms with E-state index in [0.29, 0.717) is 43.4 Å². The fourth-order valence-electron chi connectivity index (χ4n) is 3.50. The molecule has 0 radical (unpaired) electrons. The zero-order chi connectivity index (χ0) is 19.3. The van der Waals surface area contributed by atoms with Gasteiger partial charge in [0.1, 0.15) is 0 Å². The first-order valence-corrected chi connectivity index (χ1v) is 11.5. The van der Waals surface area contributed by atoms with E-state index < -0.39 is 10.0 Å². The first-order chi connectivity index (χ1) is 13.0. The van der Waals surface area contributed by atoms with E-state index in [4.69, 9.17) is 0 Å². The number of carbonyl (C=O) groups is 1. The Labute approximate surface area is 163 Å². The van der Waals surface area contributed by atoms with Crippen LogP contribution in [-0.2, 0) is 21.2 Å². The summed E-state index contributed by atoms with van der Waals surface area (Å²) in [6.45, 7) is 2.79. The van der Waals surface area contributed by atoms with Crippen LogP contribution < -0.4 is 5.32 Å². The zero-order valence-corrected chi connectivity index (χ0v) is 17.0. The van der Waals surface area contributed by atoms with Gasteiger partial charge in [-0.05, 0) is 56.8 Å². The lowest BCUT2D eigenvalue weighted by Crippen LogP contribution is -2.35. The van der Waals surface area contributed by atoms with E-state index in [0.717, 1.165) is 31.4 Å². The number of rotatable bonds is 9. The van der Waals surface area contributed by atoms with Gasteiger partial charge in [0.25, 0.3) is 0 Å². The molecule has 1 amide bonds. The number of sulfonamides is 1. The SMILES string of the molecule is CN(CCNC(=O)CCc1ccc(S(=O)(=O)N2CCCCC2)cc1)C1CC1. The third-order valence-corrected chi connectivity index (χ3v) is 7.39. The molecule has 0 atom stereocenters. The van der Waals surface area contributed by atoms with E-state index >= 15 is 0 Å². The standard InChI is InChI=1S/C20H31N3O3S/c1-22(18-8-9-18)16-13-21-20(24)12-7-17-5-10-19(11-6-17)27(25,26)23-14-3-2-4-15-23/h5-6,10-11,18H,2-4,7-9,12-16H2,1H3,(H,21,24). The lowest BCUT2D eigenvalue weighted by molar-refractivity contribution is -0.121. The van der Waals surface area contributed by atoms with Gasteiger partial charge in [0.05, 0.1) is 4.90 Å². The van der Waals surface area contributed by atoms with Gasteiger partial charge in [-0.3, -0.25) is 4.79 Å². The number of hydrogen-bond donors (Lipinski definition) is 1. The van der Waals surface area contributed by atoms with Crippen molar-refractivity contribution in [1.82, 2.24) is 14.5 Å². The molecule has 1 aliphatic carbocycles. The van der Waals surface area contributed by atoms with Crippen molar-refractivity contribution >= 4 is 15.9 Å². The van der Waals surface area contributed by atoms with Gasteiger partial charge < -0.3 is 10.2 Å². The van der Waals surface area contributed by atoms with Gasteiger partial charge in [-0.25, -0.2) is 8.42 Å². The summed E-state index contributed by atoms with van der Waals surface area (Å²) in [5, 5.41) is 2.96. The average molecular weight is 394 g/mol. The predicted octanol–water partition coefficient (Wildman–Crippen LogP) is 2.00. The summed E-state index contributed by atoms with van der Waals surface area (Å²) in [6.07, 6.45) is 6.55. The monoisotopic (exact) mass is 393 g/mol. The fraction of sp³-hybridized carbons (Fsp3) is 0.650. The lowest BCUT2D eigenvalue weighted by atomic mass is 10.1. The Morgan fingerprint density at radius 3 is 2.44 bits per heavy atom. The number of benzene rings is 1. The van der Waals surface area contributed by atoms with Gasteiger partial charge >= 0.3 is 0 Å². The molecule has 6 nitrogen and oxygen atoms in total. The number of aryl methyl sites for hydroxylation is 1. The van der Waals surface area contributed by atoms with E-state index in [1.165, 1.54) is 12.8 Å². The third-order valence-electron chi connectivity index (χ3n) is 5.47. The number of amides is 1. The maximum absolute atomic E-state index is 12.6. The molecule has 3 rings (SSSR count). The predicted molar refractivity (Wildman–Crippen MR) is 106 cm³/mol. The first-order valence-electron chi connectivity index (χ1n) is 10.0. The summed E-state index contributed by atoms with van der Waals surface area (Å²) in [5.41, 5.74) is 0.984. The molecule has 7 heteroatoms. The highest BCUT2D eigenvalue weighted by molar-refractivity contribution is 7.89. The van der Waals surface area contributed by atoms with E-state index in [9.17, 15) is 13.2 Å². The second-order valence-corrected chi connectivity index (χ2v) is 9.61. The minimum atomic E-state index is -3.38. The molecule has 0 unspecified atom stereocenters. The highest BCUT2D eigenvalue weighted by Gasteiger charge is 2.26. The van der Waals surface area contributed by atoms with Crippen LogP contribution >= 0.6 is 0 Å². The van der Waals surface area contributed by atoms with E-state index in [2.05, 4.69) is 17.3 Å². The van der Waals surface area contributed by atoms with Crippen molar-refractivity contribution < 1.29 is 13.2 Å². The molecule has 1 heterocycles.